The van der Waals surface area contributed by atoms with Crippen molar-refractivity contribution in [3.8, 4) is 0 Å². The van der Waals surface area contributed by atoms with Gasteiger partial charge in [-0.15, -0.1) is 0 Å². The highest BCUT2D eigenvalue weighted by Crippen LogP contribution is 2.26. The highest BCUT2D eigenvalue weighted by atomic mass is 127. The molecule has 2 aromatic rings. The van der Waals surface area contributed by atoms with Crippen LogP contribution in [0.3, 0.4) is 0 Å². The van der Waals surface area contributed by atoms with E-state index in [9.17, 15) is 0 Å². The molecule has 4 heteroatoms. The molecule has 0 radical (unpaired) electrons. The van der Waals surface area contributed by atoms with E-state index in [1.165, 1.54) is 20.4 Å². The number of benzene rings is 1. The molecular weight excluding hydrogens is 373 g/mol. The molecule has 0 aliphatic heterocycles. The molecule has 0 aliphatic rings. The van der Waals surface area contributed by atoms with Gasteiger partial charge in [-0.2, -0.15) is 5.10 Å². The van der Waals surface area contributed by atoms with Crippen LogP contribution in [-0.2, 0) is 13.5 Å². The lowest BCUT2D eigenvalue weighted by molar-refractivity contribution is 0.490. The number of halogens is 1. The van der Waals surface area contributed by atoms with Crippen LogP contribution >= 0.6 is 22.6 Å². The fourth-order valence-electron chi connectivity index (χ4n) is 2.56. The molecule has 0 saturated heterocycles. The van der Waals surface area contributed by atoms with Gasteiger partial charge in [0.25, 0.3) is 0 Å². The van der Waals surface area contributed by atoms with E-state index in [1.807, 2.05) is 17.9 Å². The summed E-state index contributed by atoms with van der Waals surface area (Å²) in [6, 6.07) is 9.12. The maximum atomic E-state index is 4.26. The van der Waals surface area contributed by atoms with Gasteiger partial charge in [-0.25, -0.2) is 0 Å². The fraction of sp³-hybridized carbons (Fsp3) is 0.471. The summed E-state index contributed by atoms with van der Waals surface area (Å²) in [5.41, 5.74) is 4.07. The zero-order valence-electron chi connectivity index (χ0n) is 13.1. The Hall–Kier alpha value is -0.880. The first-order chi connectivity index (χ1) is 10.1. The molecule has 0 fully saturated rings. The average molecular weight is 397 g/mol. The largest absolute Gasteiger partial charge is 0.310 e. The average Bonchev–Trinajstić information content (AvgIpc) is 2.88. The molecule has 114 valence electrons. The van der Waals surface area contributed by atoms with Crippen LogP contribution in [0.4, 0.5) is 0 Å². The lowest BCUT2D eigenvalue weighted by atomic mass is 9.99. The SMILES string of the molecule is CCCNC(CCc1ccnn1C)c1cccc(C)c1I. The van der Waals surface area contributed by atoms with Crippen LogP contribution in [0.5, 0.6) is 0 Å². The van der Waals surface area contributed by atoms with E-state index >= 15 is 0 Å². The maximum absolute atomic E-state index is 4.26. The molecule has 1 aromatic heterocycles. The van der Waals surface area contributed by atoms with Crippen molar-refractivity contribution in [1.82, 2.24) is 15.1 Å². The Morgan fingerprint density at radius 3 is 2.81 bits per heavy atom. The van der Waals surface area contributed by atoms with Gasteiger partial charge >= 0.3 is 0 Å². The van der Waals surface area contributed by atoms with Gasteiger partial charge in [0.15, 0.2) is 0 Å². The molecular formula is C17H24IN3. The predicted octanol–water partition coefficient (Wildman–Crippen LogP) is 4.01. The number of nitrogens with one attached hydrogen (secondary N) is 1. The molecule has 0 saturated carbocycles. The fourth-order valence-corrected chi connectivity index (χ4v) is 3.30. The lowest BCUT2D eigenvalue weighted by Crippen LogP contribution is -2.24. The van der Waals surface area contributed by atoms with Crippen LogP contribution in [0, 0.1) is 10.5 Å². The van der Waals surface area contributed by atoms with E-state index in [4.69, 9.17) is 0 Å². The van der Waals surface area contributed by atoms with Crippen LogP contribution in [0.2, 0.25) is 0 Å². The van der Waals surface area contributed by atoms with E-state index in [0.717, 1.165) is 25.8 Å². The third-order valence-corrected chi connectivity index (χ3v) is 5.32. The van der Waals surface area contributed by atoms with Crippen molar-refractivity contribution < 1.29 is 0 Å². The number of hydrogen-bond acceptors (Lipinski definition) is 2. The molecule has 1 heterocycles. The van der Waals surface area contributed by atoms with Crippen molar-refractivity contribution in [2.75, 3.05) is 6.54 Å². The van der Waals surface area contributed by atoms with Gasteiger partial charge in [-0.3, -0.25) is 4.68 Å². The third-order valence-electron chi connectivity index (χ3n) is 3.85. The second kappa shape index (κ2) is 7.94. The molecule has 2 rings (SSSR count). The molecule has 0 bridgehead atoms. The molecule has 1 atom stereocenters. The van der Waals surface area contributed by atoms with Crippen molar-refractivity contribution in [1.29, 1.82) is 0 Å². The Morgan fingerprint density at radius 2 is 2.14 bits per heavy atom. The third kappa shape index (κ3) is 4.30. The maximum Gasteiger partial charge on any atom is 0.0492 e. The van der Waals surface area contributed by atoms with Gasteiger partial charge in [0.05, 0.1) is 0 Å². The lowest BCUT2D eigenvalue weighted by Gasteiger charge is -2.21. The number of rotatable bonds is 7. The molecule has 1 aromatic carbocycles. The summed E-state index contributed by atoms with van der Waals surface area (Å²) in [6.45, 7) is 5.45. The van der Waals surface area contributed by atoms with Crippen molar-refractivity contribution in [3.63, 3.8) is 0 Å². The molecule has 21 heavy (non-hydrogen) atoms. The van der Waals surface area contributed by atoms with E-state index in [0.29, 0.717) is 6.04 Å². The normalized spacial score (nSPS) is 12.6. The topological polar surface area (TPSA) is 29.9 Å². The van der Waals surface area contributed by atoms with E-state index in [2.05, 4.69) is 71.1 Å². The van der Waals surface area contributed by atoms with E-state index in [-0.39, 0.29) is 0 Å². The van der Waals surface area contributed by atoms with Gasteiger partial charge in [0.2, 0.25) is 0 Å². The smallest absolute Gasteiger partial charge is 0.0492 e. The molecule has 0 amide bonds. The standard InChI is InChI=1S/C17H24IN3/c1-4-11-19-16(9-8-14-10-12-20-21(14)3)15-7-5-6-13(2)17(15)18/h5-7,10,12,16,19H,4,8-9,11H2,1-3H3. The molecule has 0 spiro atoms. The highest BCUT2D eigenvalue weighted by Gasteiger charge is 2.15. The van der Waals surface area contributed by atoms with Crippen LogP contribution in [-0.4, -0.2) is 16.3 Å². The molecule has 1 unspecified atom stereocenters. The summed E-state index contributed by atoms with van der Waals surface area (Å²) in [5, 5.41) is 7.96. The number of hydrogen-bond donors (Lipinski definition) is 1. The Balaban J connectivity index is 2.14. The second-order valence-electron chi connectivity index (χ2n) is 5.47. The van der Waals surface area contributed by atoms with E-state index in [1.54, 1.807) is 0 Å². The quantitative estimate of drug-likeness (QED) is 0.716. The number of aryl methyl sites for hydroxylation is 3. The van der Waals surface area contributed by atoms with Crippen LogP contribution in [0.25, 0.3) is 0 Å². The minimum absolute atomic E-state index is 0.409. The number of nitrogens with zero attached hydrogens (tertiary/aromatic N) is 2. The van der Waals surface area contributed by atoms with Gasteiger partial charge in [-0.1, -0.05) is 25.1 Å². The monoisotopic (exact) mass is 397 g/mol. The molecule has 3 nitrogen and oxygen atoms in total. The first-order valence-electron chi connectivity index (χ1n) is 7.58. The van der Waals surface area contributed by atoms with Gasteiger partial charge < -0.3 is 5.32 Å². The minimum Gasteiger partial charge on any atom is -0.310 e. The first-order valence-corrected chi connectivity index (χ1v) is 8.66. The minimum atomic E-state index is 0.409. The molecule has 1 N–H and O–H groups in total. The van der Waals surface area contributed by atoms with Gasteiger partial charge in [-0.05, 0) is 72.5 Å². The molecule has 0 aliphatic carbocycles. The van der Waals surface area contributed by atoms with Gasteiger partial charge in [0.1, 0.15) is 0 Å². The van der Waals surface area contributed by atoms with Crippen LogP contribution in [0.1, 0.15) is 42.6 Å². The van der Waals surface area contributed by atoms with E-state index < -0.39 is 0 Å². The van der Waals surface area contributed by atoms with Crippen molar-refractivity contribution in [3.05, 3.63) is 50.9 Å². The summed E-state index contributed by atoms with van der Waals surface area (Å²) in [5.74, 6) is 0. The van der Waals surface area contributed by atoms with Crippen LogP contribution < -0.4 is 5.32 Å². The van der Waals surface area contributed by atoms with Crippen molar-refractivity contribution in [2.24, 2.45) is 7.05 Å². The van der Waals surface area contributed by atoms with Crippen molar-refractivity contribution >= 4 is 22.6 Å². The Morgan fingerprint density at radius 1 is 1.33 bits per heavy atom. The summed E-state index contributed by atoms with van der Waals surface area (Å²) >= 11 is 2.47. The zero-order chi connectivity index (χ0) is 15.2. The van der Waals surface area contributed by atoms with Crippen molar-refractivity contribution in [2.45, 2.75) is 39.2 Å². The predicted molar refractivity (Wildman–Crippen MR) is 96.5 cm³/mol. The van der Waals surface area contributed by atoms with Crippen LogP contribution in [0.15, 0.2) is 30.5 Å². The van der Waals surface area contributed by atoms with Gasteiger partial charge in [0, 0.05) is 28.6 Å². The highest BCUT2D eigenvalue weighted by molar-refractivity contribution is 14.1. The zero-order valence-corrected chi connectivity index (χ0v) is 15.2. The summed E-state index contributed by atoms with van der Waals surface area (Å²) < 4.78 is 3.35. The second-order valence-corrected chi connectivity index (χ2v) is 6.55. The number of aromatic nitrogens is 2. The Bertz CT molecular complexity index is 577. The first kappa shape index (κ1) is 16.5. The summed E-state index contributed by atoms with van der Waals surface area (Å²) in [7, 11) is 2.01. The Labute approximate surface area is 141 Å². The summed E-state index contributed by atoms with van der Waals surface area (Å²) in [6.07, 6.45) is 5.17. The Kier molecular flexibility index (Phi) is 6.23. The summed E-state index contributed by atoms with van der Waals surface area (Å²) in [4.78, 5) is 0.